The zero-order chi connectivity index (χ0) is 15.8. The van der Waals surface area contributed by atoms with Gasteiger partial charge in [0.05, 0.1) is 0 Å². The van der Waals surface area contributed by atoms with Gasteiger partial charge in [-0.3, -0.25) is 9.69 Å². The van der Waals surface area contributed by atoms with Gasteiger partial charge in [-0.25, -0.2) is 4.39 Å². The van der Waals surface area contributed by atoms with Gasteiger partial charge < -0.3 is 4.90 Å². The maximum Gasteiger partial charge on any atom is 0.162 e. The summed E-state index contributed by atoms with van der Waals surface area (Å²) in [5, 5.41) is 0. The molecule has 0 aliphatic carbocycles. The van der Waals surface area contributed by atoms with Crippen LogP contribution in [0.25, 0.3) is 0 Å². The van der Waals surface area contributed by atoms with Crippen LogP contribution in [-0.2, 0) is 0 Å². The molecule has 0 N–H and O–H groups in total. The topological polar surface area (TPSA) is 23.6 Å². The number of nitrogens with zero attached hydrogens (tertiary/aromatic N) is 2. The molecule has 0 amide bonds. The smallest absolute Gasteiger partial charge is 0.162 e. The molecule has 0 aliphatic rings. The molecule has 1 unspecified atom stereocenters. The number of halogens is 1. The number of benzene rings is 1. The van der Waals surface area contributed by atoms with E-state index in [0.29, 0.717) is 18.0 Å². The Morgan fingerprint density at radius 1 is 1.24 bits per heavy atom. The number of carbonyl (C=O) groups is 1. The molecule has 0 spiro atoms. The molecular weight excluding hydrogens is 267 g/mol. The van der Waals surface area contributed by atoms with E-state index < -0.39 is 0 Å². The standard InChI is InChI=1S/C17H27FN2O/c1-5-20(14(2)13-19(3)4)12-6-7-17(21)15-8-10-16(18)11-9-15/h8-11,14H,5-7,12-13H2,1-4H3. The van der Waals surface area contributed by atoms with E-state index in [-0.39, 0.29) is 11.6 Å². The Hall–Kier alpha value is -1.26. The fourth-order valence-corrected chi connectivity index (χ4v) is 2.56. The van der Waals surface area contributed by atoms with Crippen LogP contribution in [0.4, 0.5) is 4.39 Å². The lowest BCUT2D eigenvalue weighted by molar-refractivity contribution is 0.0969. The number of ketones is 1. The molecule has 0 radical (unpaired) electrons. The fourth-order valence-electron chi connectivity index (χ4n) is 2.56. The van der Waals surface area contributed by atoms with Crippen LogP contribution in [0.15, 0.2) is 24.3 Å². The molecule has 1 atom stereocenters. The number of hydrogen-bond donors (Lipinski definition) is 0. The van der Waals surface area contributed by atoms with Gasteiger partial charge in [0.15, 0.2) is 5.78 Å². The average Bonchev–Trinajstić information content (AvgIpc) is 2.43. The van der Waals surface area contributed by atoms with Gasteiger partial charge in [0.25, 0.3) is 0 Å². The van der Waals surface area contributed by atoms with Crippen molar-refractivity contribution in [1.82, 2.24) is 9.80 Å². The SMILES string of the molecule is CCN(CCCC(=O)c1ccc(F)cc1)C(C)CN(C)C. The van der Waals surface area contributed by atoms with E-state index in [1.54, 1.807) is 12.1 Å². The maximum atomic E-state index is 12.8. The molecule has 0 aromatic heterocycles. The molecular formula is C17H27FN2O. The molecule has 4 heteroatoms. The van der Waals surface area contributed by atoms with Crippen molar-refractivity contribution >= 4 is 5.78 Å². The molecule has 1 aromatic carbocycles. The van der Waals surface area contributed by atoms with Crippen LogP contribution in [0, 0.1) is 5.82 Å². The van der Waals surface area contributed by atoms with E-state index >= 15 is 0 Å². The van der Waals surface area contributed by atoms with Gasteiger partial charge in [0.2, 0.25) is 0 Å². The Morgan fingerprint density at radius 3 is 2.38 bits per heavy atom. The summed E-state index contributed by atoms with van der Waals surface area (Å²) in [6, 6.07) is 6.27. The Labute approximate surface area is 127 Å². The monoisotopic (exact) mass is 294 g/mol. The zero-order valence-electron chi connectivity index (χ0n) is 13.6. The molecule has 1 aromatic rings. The number of likely N-dealkylation sites (N-methyl/N-ethyl adjacent to an activating group) is 2. The fraction of sp³-hybridized carbons (Fsp3) is 0.588. The first-order chi connectivity index (χ1) is 9.93. The summed E-state index contributed by atoms with van der Waals surface area (Å²) >= 11 is 0. The van der Waals surface area contributed by atoms with Gasteiger partial charge in [0, 0.05) is 24.6 Å². The molecule has 0 fully saturated rings. The molecule has 0 aliphatic heterocycles. The number of Topliss-reactive ketones (excluding diaryl/α,β-unsaturated/α-hetero) is 1. The Bertz CT molecular complexity index is 431. The highest BCUT2D eigenvalue weighted by atomic mass is 19.1. The van der Waals surface area contributed by atoms with Gasteiger partial charge in [-0.2, -0.15) is 0 Å². The van der Waals surface area contributed by atoms with Crippen LogP contribution >= 0.6 is 0 Å². The van der Waals surface area contributed by atoms with Gasteiger partial charge in [-0.15, -0.1) is 0 Å². The largest absolute Gasteiger partial charge is 0.308 e. The summed E-state index contributed by atoms with van der Waals surface area (Å²) in [4.78, 5) is 16.6. The van der Waals surface area contributed by atoms with Crippen molar-refractivity contribution < 1.29 is 9.18 Å². The van der Waals surface area contributed by atoms with Gasteiger partial charge in [-0.05, 0) is 64.8 Å². The summed E-state index contributed by atoms with van der Waals surface area (Å²) < 4.78 is 12.8. The summed E-state index contributed by atoms with van der Waals surface area (Å²) in [6.07, 6.45) is 1.35. The second kappa shape index (κ2) is 8.90. The van der Waals surface area contributed by atoms with Crippen LogP contribution in [0.1, 0.15) is 37.0 Å². The second-order valence-corrected chi connectivity index (χ2v) is 5.77. The van der Waals surface area contributed by atoms with Gasteiger partial charge in [0.1, 0.15) is 5.82 Å². The van der Waals surface area contributed by atoms with Gasteiger partial charge >= 0.3 is 0 Å². The first-order valence-corrected chi connectivity index (χ1v) is 7.61. The third-order valence-corrected chi connectivity index (χ3v) is 3.67. The molecule has 0 heterocycles. The van der Waals surface area contributed by atoms with E-state index in [9.17, 15) is 9.18 Å². The van der Waals surface area contributed by atoms with Crippen molar-refractivity contribution in [1.29, 1.82) is 0 Å². The highest BCUT2D eigenvalue weighted by Crippen LogP contribution is 2.09. The third-order valence-electron chi connectivity index (χ3n) is 3.67. The Morgan fingerprint density at radius 2 is 1.86 bits per heavy atom. The summed E-state index contributed by atoms with van der Waals surface area (Å²) in [5.74, 6) is -0.215. The van der Waals surface area contributed by atoms with Gasteiger partial charge in [-0.1, -0.05) is 6.92 Å². The van der Waals surface area contributed by atoms with E-state index in [1.165, 1.54) is 12.1 Å². The normalized spacial score (nSPS) is 12.9. The first kappa shape index (κ1) is 17.8. The minimum Gasteiger partial charge on any atom is -0.308 e. The zero-order valence-corrected chi connectivity index (χ0v) is 13.6. The number of carbonyl (C=O) groups excluding carboxylic acids is 1. The van der Waals surface area contributed by atoms with Crippen LogP contribution in [-0.4, -0.2) is 55.4 Å². The lowest BCUT2D eigenvalue weighted by Gasteiger charge is -2.29. The van der Waals surface area contributed by atoms with Crippen molar-refractivity contribution in [2.24, 2.45) is 0 Å². The van der Waals surface area contributed by atoms with Crippen LogP contribution in [0.3, 0.4) is 0 Å². The molecule has 3 nitrogen and oxygen atoms in total. The lowest BCUT2D eigenvalue weighted by atomic mass is 10.1. The van der Waals surface area contributed by atoms with E-state index in [4.69, 9.17) is 0 Å². The van der Waals surface area contributed by atoms with Crippen molar-refractivity contribution in [2.45, 2.75) is 32.7 Å². The maximum absolute atomic E-state index is 12.8. The van der Waals surface area contributed by atoms with Crippen LogP contribution in [0.2, 0.25) is 0 Å². The van der Waals surface area contributed by atoms with Crippen molar-refractivity contribution in [2.75, 3.05) is 33.7 Å². The molecule has 0 bridgehead atoms. The summed E-state index contributed by atoms with van der Waals surface area (Å²) in [7, 11) is 4.14. The number of hydrogen-bond acceptors (Lipinski definition) is 3. The van der Waals surface area contributed by atoms with E-state index in [0.717, 1.165) is 26.1 Å². The molecule has 0 saturated heterocycles. The van der Waals surface area contributed by atoms with E-state index in [2.05, 4.69) is 37.7 Å². The molecule has 0 saturated carbocycles. The van der Waals surface area contributed by atoms with Crippen molar-refractivity contribution in [3.63, 3.8) is 0 Å². The number of rotatable bonds is 9. The van der Waals surface area contributed by atoms with E-state index in [1.807, 2.05) is 0 Å². The quantitative estimate of drug-likeness (QED) is 0.654. The summed E-state index contributed by atoms with van der Waals surface area (Å²) in [5.41, 5.74) is 0.598. The average molecular weight is 294 g/mol. The van der Waals surface area contributed by atoms with Crippen molar-refractivity contribution in [3.05, 3.63) is 35.6 Å². The Balaban J connectivity index is 2.40. The predicted molar refractivity (Wildman–Crippen MR) is 85.2 cm³/mol. The predicted octanol–water partition coefficient (Wildman–Crippen LogP) is 3.06. The minimum absolute atomic E-state index is 0.0892. The second-order valence-electron chi connectivity index (χ2n) is 5.77. The van der Waals surface area contributed by atoms with Crippen LogP contribution < -0.4 is 0 Å². The minimum atomic E-state index is -0.304. The molecule has 1 rings (SSSR count). The van der Waals surface area contributed by atoms with Crippen LogP contribution in [0.5, 0.6) is 0 Å². The highest BCUT2D eigenvalue weighted by Gasteiger charge is 2.13. The Kier molecular flexibility index (Phi) is 7.54. The highest BCUT2D eigenvalue weighted by molar-refractivity contribution is 5.95. The first-order valence-electron chi connectivity index (χ1n) is 7.61. The summed E-state index contributed by atoms with van der Waals surface area (Å²) in [6.45, 7) is 7.27. The third kappa shape index (κ3) is 6.36. The lowest BCUT2D eigenvalue weighted by Crippen LogP contribution is -2.40. The molecule has 21 heavy (non-hydrogen) atoms. The van der Waals surface area contributed by atoms with Crippen molar-refractivity contribution in [3.8, 4) is 0 Å². The molecule has 118 valence electrons.